The fraction of sp³-hybridized carbons (Fsp3) is 0.500. The van der Waals surface area contributed by atoms with E-state index in [0.29, 0.717) is 0 Å². The number of halogens is 1. The van der Waals surface area contributed by atoms with Gasteiger partial charge in [-0.3, -0.25) is 4.79 Å². The Morgan fingerprint density at radius 3 is 2.00 bits per heavy atom. The molecule has 0 rings (SSSR count). The van der Waals surface area contributed by atoms with Crippen molar-refractivity contribution in [1.29, 1.82) is 0 Å². The van der Waals surface area contributed by atoms with Gasteiger partial charge in [-0.05, 0) is 11.6 Å². The fourth-order valence-electron chi connectivity index (χ4n) is 0. The highest BCUT2D eigenvalue weighted by atomic mass is 35.5. The van der Waals surface area contributed by atoms with Gasteiger partial charge in [0.15, 0.2) is 0 Å². The maximum Gasteiger partial charge on any atom is 0.218 e. The Kier molecular flexibility index (Phi) is 1.28. The highest BCUT2D eigenvalue weighted by Crippen LogP contribution is 1.67. The lowest BCUT2D eigenvalue weighted by Gasteiger charge is -1.52. The van der Waals surface area contributed by atoms with Gasteiger partial charge in [0.05, 0.1) is 0 Å². The Bertz CT molecular complexity index is 29.0. The van der Waals surface area contributed by atoms with Crippen molar-refractivity contribution < 1.29 is 4.79 Å². The summed E-state index contributed by atoms with van der Waals surface area (Å²) in [5.74, 6) is 0. The molecule has 0 aromatic rings. The van der Waals surface area contributed by atoms with Gasteiger partial charge < -0.3 is 0 Å². The lowest BCUT2D eigenvalue weighted by Crippen LogP contribution is -1.62. The second kappa shape index (κ2) is 1.30. The minimum Gasteiger partial charge on any atom is -0.282 e. The molecule has 0 radical (unpaired) electrons. The molecule has 0 aromatic heterocycles. The zero-order valence-electron chi connectivity index (χ0n) is 2.29. The van der Waals surface area contributed by atoms with Gasteiger partial charge in [0.2, 0.25) is 5.24 Å². The molecule has 0 fully saturated rings. The third kappa shape index (κ3) is 1130. The fourth-order valence-corrected chi connectivity index (χ4v) is 0. The zero-order valence-corrected chi connectivity index (χ0v) is 3.04. The second-order valence-corrected chi connectivity index (χ2v) is 1.00. The molecule has 0 saturated carbocycles. The van der Waals surface area contributed by atoms with Gasteiger partial charge in [-0.15, -0.1) is 0 Å². The van der Waals surface area contributed by atoms with Crippen molar-refractivity contribution in [2.45, 2.75) is 6.92 Å². The van der Waals surface area contributed by atoms with Crippen LogP contribution in [0.3, 0.4) is 0 Å². The molecule has 2 heteroatoms. The van der Waals surface area contributed by atoms with E-state index in [4.69, 9.17) is 0 Å². The molecule has 0 aliphatic carbocycles. The number of carbonyl (C=O) groups excluding carboxylic acids is 1. The summed E-state index contributed by atoms with van der Waals surface area (Å²) in [5.41, 5.74) is 0. The molecule has 0 saturated heterocycles. The lowest BCUT2D eigenvalue weighted by atomic mass is 11.0. The molecule has 0 N–H and O–H groups in total. The third-order valence-corrected chi connectivity index (χ3v) is 0. The van der Waals surface area contributed by atoms with Crippen LogP contribution >= 0.6 is 11.6 Å². The Labute approximate surface area is 29.6 Å². The van der Waals surface area contributed by atoms with Gasteiger partial charge >= 0.3 is 0 Å². The van der Waals surface area contributed by atoms with E-state index in [-0.39, 0.29) is 5.24 Å². The molecule has 0 unspecified atom stereocenters. The quantitative estimate of drug-likeness (QED) is 0.310. The molecule has 0 heterocycles. The van der Waals surface area contributed by atoms with E-state index in [2.05, 4.69) is 11.6 Å². The van der Waals surface area contributed by atoms with Crippen LogP contribution in [-0.2, 0) is 4.79 Å². The molecule has 0 aliphatic heterocycles. The Balaban J connectivity index is 2.80. The molecule has 24 valence electrons. The molecule has 0 bridgehead atoms. The molecular formula is C2H3ClO. The summed E-state index contributed by atoms with van der Waals surface area (Å²) in [6, 6.07) is 0. The van der Waals surface area contributed by atoms with Gasteiger partial charge in [-0.25, -0.2) is 0 Å². The predicted octanol–water partition coefficient (Wildman–Crippen LogP) is 0.772. The third-order valence-electron chi connectivity index (χ3n) is 0. The minimum atomic E-state index is -0.361. The lowest BCUT2D eigenvalue weighted by molar-refractivity contribution is -0.109. The van der Waals surface area contributed by atoms with Gasteiger partial charge in [0.25, 0.3) is 0 Å². The van der Waals surface area contributed by atoms with Crippen LogP contribution in [0.2, 0.25) is 0 Å². The maximum absolute atomic E-state index is 9.21. The van der Waals surface area contributed by atoms with Crippen LogP contribution in [0.15, 0.2) is 0 Å². The summed E-state index contributed by atoms with van der Waals surface area (Å²) in [4.78, 5) is 9.21. The molecule has 0 atom stereocenters. The van der Waals surface area contributed by atoms with Crippen LogP contribution < -0.4 is 0 Å². The molecule has 0 aromatic carbocycles. The number of hydrogen-bond donors (Lipinski definition) is 0. The molecule has 1 nitrogen and oxygen atoms in total. The number of rotatable bonds is 0. The van der Waals surface area contributed by atoms with Crippen LogP contribution in [0, 0.1) is 0 Å². The normalized spacial score (nSPS) is 6.50. The zero-order chi connectivity index (χ0) is 3.58. The standard InChI is InChI=1S/C2H3ClO/c1-2(3)4/h1H3/i4+2. The van der Waals surface area contributed by atoms with Crippen molar-refractivity contribution in [3.8, 4) is 0 Å². The van der Waals surface area contributed by atoms with Crippen molar-refractivity contribution >= 4 is 16.8 Å². The molecule has 0 aliphatic rings. The van der Waals surface area contributed by atoms with Crippen molar-refractivity contribution in [3.63, 3.8) is 0 Å². The largest absolute Gasteiger partial charge is 0.282 e. The first-order valence-electron chi connectivity index (χ1n) is 0.893. The summed E-state index contributed by atoms with van der Waals surface area (Å²) in [7, 11) is 0. The topological polar surface area (TPSA) is 17.1 Å². The minimum absolute atomic E-state index is 0.361. The predicted molar refractivity (Wildman–Crippen MR) is 16.5 cm³/mol. The van der Waals surface area contributed by atoms with Gasteiger partial charge in [-0.2, -0.15) is 0 Å². The monoisotopic (exact) mass is 80.0 g/mol. The van der Waals surface area contributed by atoms with E-state index in [1.54, 1.807) is 0 Å². The molecule has 4 heavy (non-hydrogen) atoms. The van der Waals surface area contributed by atoms with Crippen LogP contribution in [-0.4, -0.2) is 5.24 Å². The SMILES string of the molecule is CC(=[18O])Cl. The summed E-state index contributed by atoms with van der Waals surface area (Å²) in [6.07, 6.45) is 0. The summed E-state index contributed by atoms with van der Waals surface area (Å²) < 4.78 is 0. The Morgan fingerprint density at radius 2 is 2.00 bits per heavy atom. The molecule has 0 amide bonds. The van der Waals surface area contributed by atoms with Crippen molar-refractivity contribution in [1.82, 2.24) is 0 Å². The van der Waals surface area contributed by atoms with Gasteiger partial charge in [-0.1, -0.05) is 0 Å². The van der Waals surface area contributed by atoms with Crippen molar-refractivity contribution in [3.05, 3.63) is 0 Å². The highest BCUT2D eigenvalue weighted by Gasteiger charge is 1.67. The average molecular weight is 80.5 g/mol. The van der Waals surface area contributed by atoms with E-state index in [1.807, 2.05) is 0 Å². The first-order valence-corrected chi connectivity index (χ1v) is 1.27. The Hall–Kier alpha value is -0.0400. The summed E-state index contributed by atoms with van der Waals surface area (Å²) in [5, 5.41) is -0.361. The number of hydrogen-bond acceptors (Lipinski definition) is 1. The molecule has 0 spiro atoms. The van der Waals surface area contributed by atoms with Crippen LogP contribution in [0.25, 0.3) is 0 Å². The number of carbonyl (C=O) groups is 1. The van der Waals surface area contributed by atoms with Gasteiger partial charge in [0, 0.05) is 6.92 Å². The van der Waals surface area contributed by atoms with Crippen molar-refractivity contribution in [2.24, 2.45) is 0 Å². The maximum atomic E-state index is 9.21. The smallest absolute Gasteiger partial charge is 0.218 e. The van der Waals surface area contributed by atoms with Gasteiger partial charge in [0.1, 0.15) is 0 Å². The Morgan fingerprint density at radius 1 is 2.00 bits per heavy atom. The average Bonchev–Trinajstić information content (AvgIpc) is 0.811. The second-order valence-electron chi connectivity index (χ2n) is 0.470. The first-order chi connectivity index (χ1) is 1.73. The molecular weight excluding hydrogens is 77.5 g/mol. The van der Waals surface area contributed by atoms with E-state index >= 15 is 0 Å². The van der Waals surface area contributed by atoms with Crippen molar-refractivity contribution in [2.75, 3.05) is 0 Å². The van der Waals surface area contributed by atoms with Crippen LogP contribution in [0.5, 0.6) is 0 Å². The van der Waals surface area contributed by atoms with E-state index in [0.717, 1.165) is 0 Å². The summed E-state index contributed by atoms with van der Waals surface area (Å²) >= 11 is 4.64. The van der Waals surface area contributed by atoms with Crippen LogP contribution in [0.1, 0.15) is 6.92 Å². The van der Waals surface area contributed by atoms with Crippen LogP contribution in [0.4, 0.5) is 0 Å². The van der Waals surface area contributed by atoms with E-state index in [1.165, 1.54) is 6.92 Å². The van der Waals surface area contributed by atoms with E-state index < -0.39 is 0 Å². The highest BCUT2D eigenvalue weighted by molar-refractivity contribution is 6.62. The first kappa shape index (κ1) is 3.96. The van der Waals surface area contributed by atoms with E-state index in [9.17, 15) is 4.79 Å². The summed E-state index contributed by atoms with van der Waals surface area (Å²) in [6.45, 7) is 1.29.